The van der Waals surface area contributed by atoms with E-state index < -0.39 is 0 Å². The van der Waals surface area contributed by atoms with Gasteiger partial charge in [-0.05, 0) is 25.0 Å². The summed E-state index contributed by atoms with van der Waals surface area (Å²) in [7, 11) is 3.84. The molecule has 1 aliphatic rings. The van der Waals surface area contributed by atoms with E-state index in [1.807, 2.05) is 25.1 Å². The summed E-state index contributed by atoms with van der Waals surface area (Å²) in [5.74, 6) is 2.10. The van der Waals surface area contributed by atoms with Gasteiger partial charge in [0, 0.05) is 45.6 Å². The van der Waals surface area contributed by atoms with Gasteiger partial charge in [-0.15, -0.1) is 0 Å². The van der Waals surface area contributed by atoms with E-state index in [1.54, 1.807) is 18.5 Å². The molecular weight excluding hydrogens is 304 g/mol. The van der Waals surface area contributed by atoms with Crippen molar-refractivity contribution in [2.45, 2.75) is 18.9 Å². The Morgan fingerprint density at radius 2 is 2.08 bits per heavy atom. The molecule has 3 heterocycles. The van der Waals surface area contributed by atoms with Crippen LogP contribution in [-0.4, -0.2) is 53.2 Å². The highest BCUT2D eigenvalue weighted by Crippen LogP contribution is 2.19. The molecule has 8 nitrogen and oxygen atoms in total. The summed E-state index contributed by atoms with van der Waals surface area (Å²) >= 11 is 0. The molecule has 1 aliphatic heterocycles. The summed E-state index contributed by atoms with van der Waals surface area (Å²) in [6.45, 7) is 1.66. The van der Waals surface area contributed by atoms with E-state index in [0.29, 0.717) is 17.6 Å². The second-order valence-electron chi connectivity index (χ2n) is 5.92. The van der Waals surface area contributed by atoms with Gasteiger partial charge in [-0.2, -0.15) is 10.2 Å². The summed E-state index contributed by atoms with van der Waals surface area (Å²) in [6, 6.07) is 5.80. The molecule has 3 rings (SSSR count). The molecule has 0 saturated carbocycles. The van der Waals surface area contributed by atoms with Gasteiger partial charge >= 0.3 is 0 Å². The zero-order chi connectivity index (χ0) is 16.9. The summed E-state index contributed by atoms with van der Waals surface area (Å²) in [5.41, 5.74) is 0.390. The zero-order valence-electron chi connectivity index (χ0n) is 13.8. The van der Waals surface area contributed by atoms with Crippen molar-refractivity contribution in [3.63, 3.8) is 0 Å². The first-order valence-corrected chi connectivity index (χ1v) is 7.90. The van der Waals surface area contributed by atoms with Crippen molar-refractivity contribution in [2.24, 2.45) is 0 Å². The number of rotatable bonds is 4. The van der Waals surface area contributed by atoms with Gasteiger partial charge in [0.2, 0.25) is 11.9 Å². The molecule has 1 saturated heterocycles. The number of aromatic nitrogens is 4. The fourth-order valence-corrected chi connectivity index (χ4v) is 2.69. The van der Waals surface area contributed by atoms with Crippen LogP contribution in [0.4, 0.5) is 17.7 Å². The van der Waals surface area contributed by atoms with Crippen molar-refractivity contribution >= 4 is 17.7 Å². The van der Waals surface area contributed by atoms with Gasteiger partial charge in [-0.3, -0.25) is 0 Å². The van der Waals surface area contributed by atoms with Crippen molar-refractivity contribution in [3.05, 3.63) is 30.2 Å². The Bertz CT molecular complexity index is 739. The van der Waals surface area contributed by atoms with Crippen LogP contribution in [0.15, 0.2) is 24.5 Å². The Kier molecular flexibility index (Phi) is 4.70. The molecule has 1 atom stereocenters. The first-order valence-electron chi connectivity index (χ1n) is 7.90. The second-order valence-corrected chi connectivity index (χ2v) is 5.92. The number of hydrogen-bond acceptors (Lipinski definition) is 8. The highest BCUT2D eigenvalue weighted by Gasteiger charge is 2.22. The van der Waals surface area contributed by atoms with Crippen LogP contribution in [0.2, 0.25) is 0 Å². The number of nitriles is 1. The molecule has 0 amide bonds. The molecule has 0 bridgehead atoms. The molecule has 1 unspecified atom stereocenters. The summed E-state index contributed by atoms with van der Waals surface area (Å²) < 4.78 is 0. The molecule has 24 heavy (non-hydrogen) atoms. The fourth-order valence-electron chi connectivity index (χ4n) is 2.69. The fraction of sp³-hybridized carbons (Fsp3) is 0.438. The zero-order valence-corrected chi connectivity index (χ0v) is 13.8. The van der Waals surface area contributed by atoms with Crippen LogP contribution in [0.5, 0.6) is 0 Å². The van der Waals surface area contributed by atoms with E-state index in [9.17, 15) is 0 Å². The molecule has 0 radical (unpaired) electrons. The lowest BCUT2D eigenvalue weighted by Gasteiger charge is -2.33. The number of piperidine rings is 1. The van der Waals surface area contributed by atoms with Gasteiger partial charge in [-0.1, -0.05) is 0 Å². The molecule has 124 valence electrons. The molecular formula is C16H20N8. The predicted molar refractivity (Wildman–Crippen MR) is 92.0 cm³/mol. The van der Waals surface area contributed by atoms with Gasteiger partial charge in [0.05, 0.1) is 0 Å². The van der Waals surface area contributed by atoms with Crippen LogP contribution < -0.4 is 15.1 Å². The standard InChI is InChI=1S/C16H20N8/c1-23(2)15-18-8-6-14(22-15)20-13-4-3-9-24(11-13)16-19-7-5-12(10-17)21-16/h5-8,13H,3-4,9,11H2,1-2H3,(H,18,20,22). The van der Waals surface area contributed by atoms with E-state index in [4.69, 9.17) is 5.26 Å². The molecule has 0 aromatic carbocycles. The van der Waals surface area contributed by atoms with E-state index in [2.05, 4.69) is 36.2 Å². The maximum atomic E-state index is 8.99. The second kappa shape index (κ2) is 7.08. The minimum absolute atomic E-state index is 0.248. The third kappa shape index (κ3) is 3.68. The lowest BCUT2D eigenvalue weighted by atomic mass is 10.1. The normalized spacial score (nSPS) is 17.2. The van der Waals surface area contributed by atoms with Crippen LogP contribution in [0.1, 0.15) is 18.5 Å². The third-order valence-corrected chi connectivity index (χ3v) is 3.86. The predicted octanol–water partition coefficient (Wildman–Crippen LogP) is 1.29. The van der Waals surface area contributed by atoms with Crippen molar-refractivity contribution in [2.75, 3.05) is 42.3 Å². The van der Waals surface area contributed by atoms with Crippen LogP contribution in [0.25, 0.3) is 0 Å². The average Bonchev–Trinajstić information content (AvgIpc) is 2.62. The molecule has 0 spiro atoms. The van der Waals surface area contributed by atoms with Crippen molar-refractivity contribution in [1.82, 2.24) is 19.9 Å². The SMILES string of the molecule is CN(C)c1nccc(NC2CCCN(c3nccc(C#N)n3)C2)n1. The van der Waals surface area contributed by atoms with E-state index in [0.717, 1.165) is 31.7 Å². The Hall–Kier alpha value is -2.95. The Balaban J connectivity index is 1.69. The average molecular weight is 324 g/mol. The highest BCUT2D eigenvalue weighted by molar-refractivity contribution is 5.42. The van der Waals surface area contributed by atoms with E-state index in [-0.39, 0.29) is 6.04 Å². The maximum absolute atomic E-state index is 8.99. The van der Waals surface area contributed by atoms with Crippen molar-refractivity contribution in [3.8, 4) is 6.07 Å². The van der Waals surface area contributed by atoms with Crippen LogP contribution in [0.3, 0.4) is 0 Å². The maximum Gasteiger partial charge on any atom is 0.226 e. The Morgan fingerprint density at radius 1 is 1.25 bits per heavy atom. The van der Waals surface area contributed by atoms with Gasteiger partial charge in [0.25, 0.3) is 0 Å². The van der Waals surface area contributed by atoms with Crippen LogP contribution >= 0.6 is 0 Å². The topological polar surface area (TPSA) is 93.9 Å². The smallest absolute Gasteiger partial charge is 0.226 e. The lowest BCUT2D eigenvalue weighted by molar-refractivity contribution is 0.521. The Labute approximate surface area is 141 Å². The van der Waals surface area contributed by atoms with Gasteiger partial charge in [-0.25, -0.2) is 15.0 Å². The van der Waals surface area contributed by atoms with Gasteiger partial charge in [0.1, 0.15) is 17.6 Å². The third-order valence-electron chi connectivity index (χ3n) is 3.86. The lowest BCUT2D eigenvalue weighted by Crippen LogP contribution is -2.43. The summed E-state index contributed by atoms with van der Waals surface area (Å²) in [5, 5.41) is 12.5. The van der Waals surface area contributed by atoms with Crippen molar-refractivity contribution < 1.29 is 0 Å². The number of nitrogens with zero attached hydrogens (tertiary/aromatic N) is 7. The van der Waals surface area contributed by atoms with Gasteiger partial charge < -0.3 is 15.1 Å². The minimum atomic E-state index is 0.248. The summed E-state index contributed by atoms with van der Waals surface area (Å²) in [6.07, 6.45) is 5.47. The molecule has 1 N–H and O–H groups in total. The first kappa shape index (κ1) is 15.9. The Morgan fingerprint density at radius 3 is 2.88 bits per heavy atom. The monoisotopic (exact) mass is 324 g/mol. The van der Waals surface area contributed by atoms with E-state index in [1.165, 1.54) is 0 Å². The number of hydrogen-bond donors (Lipinski definition) is 1. The van der Waals surface area contributed by atoms with E-state index >= 15 is 0 Å². The number of nitrogens with one attached hydrogen (secondary N) is 1. The summed E-state index contributed by atoms with van der Waals surface area (Å²) in [4.78, 5) is 21.3. The molecule has 8 heteroatoms. The van der Waals surface area contributed by atoms with Crippen LogP contribution in [0, 0.1) is 11.3 Å². The molecule has 2 aromatic heterocycles. The quantitative estimate of drug-likeness (QED) is 0.899. The molecule has 0 aliphatic carbocycles. The number of anilines is 3. The van der Waals surface area contributed by atoms with Crippen molar-refractivity contribution in [1.29, 1.82) is 5.26 Å². The van der Waals surface area contributed by atoms with Crippen LogP contribution in [-0.2, 0) is 0 Å². The molecule has 1 fully saturated rings. The first-order chi connectivity index (χ1) is 11.7. The van der Waals surface area contributed by atoms with Gasteiger partial charge in [0.15, 0.2) is 0 Å². The largest absolute Gasteiger partial charge is 0.365 e. The molecule has 2 aromatic rings. The minimum Gasteiger partial charge on any atom is -0.365 e. The highest BCUT2D eigenvalue weighted by atomic mass is 15.3.